The fourth-order valence-electron chi connectivity index (χ4n) is 5.36. The Kier molecular flexibility index (Phi) is 5.70. The molecule has 2 amide bonds. The van der Waals surface area contributed by atoms with E-state index in [9.17, 15) is 9.59 Å². The number of para-hydroxylation sites is 1. The quantitative estimate of drug-likeness (QED) is 0.463. The molecular formula is C29H27N3O4. The Morgan fingerprint density at radius 1 is 1.03 bits per heavy atom. The van der Waals surface area contributed by atoms with Crippen LogP contribution < -0.4 is 4.74 Å². The summed E-state index contributed by atoms with van der Waals surface area (Å²) in [5.74, 6) is 0.561. The van der Waals surface area contributed by atoms with Crippen LogP contribution in [0.3, 0.4) is 0 Å². The number of methoxy groups -OCH3 is 1. The fourth-order valence-corrected chi connectivity index (χ4v) is 5.36. The standard InChI is InChI=1S/C29H27N3O4/c1-35-20-8-6-7-19(17-20)27-26(23-11-4-5-12-24(23)30-27)28-21-9-2-3-10-22(21)29(34)32(28)18-25(33)31-13-15-36-16-14-31/h2-12,17,28,30H,13-16,18H2,1H3/t28-/m0/s1. The van der Waals surface area contributed by atoms with Crippen molar-refractivity contribution >= 4 is 22.7 Å². The van der Waals surface area contributed by atoms with E-state index in [1.807, 2.05) is 66.7 Å². The maximum absolute atomic E-state index is 13.7. The Balaban J connectivity index is 1.52. The molecule has 3 aromatic carbocycles. The Morgan fingerprint density at radius 3 is 2.64 bits per heavy atom. The van der Waals surface area contributed by atoms with Gasteiger partial charge in [-0.15, -0.1) is 0 Å². The number of nitrogens with one attached hydrogen (secondary N) is 1. The highest BCUT2D eigenvalue weighted by atomic mass is 16.5. The van der Waals surface area contributed by atoms with Crippen molar-refractivity contribution in [2.75, 3.05) is 40.0 Å². The lowest BCUT2D eigenvalue weighted by Crippen LogP contribution is -2.46. The van der Waals surface area contributed by atoms with Crippen molar-refractivity contribution in [3.05, 3.63) is 89.5 Å². The number of hydrogen-bond donors (Lipinski definition) is 1. The summed E-state index contributed by atoms with van der Waals surface area (Å²) in [6, 6.07) is 23.2. The number of benzene rings is 3. The van der Waals surface area contributed by atoms with E-state index in [1.54, 1.807) is 16.9 Å². The third-order valence-corrected chi connectivity index (χ3v) is 7.11. The van der Waals surface area contributed by atoms with Crippen molar-refractivity contribution in [2.24, 2.45) is 0 Å². The molecule has 0 radical (unpaired) electrons. The van der Waals surface area contributed by atoms with Gasteiger partial charge in [0, 0.05) is 40.7 Å². The molecule has 1 atom stereocenters. The minimum absolute atomic E-state index is 0.00916. The Morgan fingerprint density at radius 2 is 1.81 bits per heavy atom. The molecule has 1 N–H and O–H groups in total. The zero-order chi connectivity index (χ0) is 24.6. The minimum atomic E-state index is -0.406. The third-order valence-electron chi connectivity index (χ3n) is 7.11. The molecule has 182 valence electrons. The summed E-state index contributed by atoms with van der Waals surface area (Å²) in [5.41, 5.74) is 5.36. The van der Waals surface area contributed by atoms with Crippen molar-refractivity contribution in [1.82, 2.24) is 14.8 Å². The Bertz CT molecular complexity index is 1450. The molecule has 0 bridgehead atoms. The van der Waals surface area contributed by atoms with Crippen molar-refractivity contribution in [3.63, 3.8) is 0 Å². The molecule has 7 nitrogen and oxygen atoms in total. The molecule has 1 saturated heterocycles. The van der Waals surface area contributed by atoms with E-state index in [0.717, 1.165) is 39.0 Å². The van der Waals surface area contributed by atoms with Gasteiger partial charge in [0.15, 0.2) is 0 Å². The average molecular weight is 482 g/mol. The van der Waals surface area contributed by atoms with Gasteiger partial charge in [-0.25, -0.2) is 0 Å². The van der Waals surface area contributed by atoms with E-state index >= 15 is 0 Å². The van der Waals surface area contributed by atoms with Crippen LogP contribution in [0.4, 0.5) is 0 Å². The molecule has 3 heterocycles. The van der Waals surface area contributed by atoms with E-state index in [0.29, 0.717) is 31.9 Å². The van der Waals surface area contributed by atoms with Crippen LogP contribution in [0.1, 0.15) is 27.5 Å². The van der Waals surface area contributed by atoms with Gasteiger partial charge in [-0.3, -0.25) is 9.59 Å². The van der Waals surface area contributed by atoms with Gasteiger partial charge in [0.1, 0.15) is 12.3 Å². The molecule has 6 rings (SSSR count). The predicted octanol–water partition coefficient (Wildman–Crippen LogP) is 4.25. The summed E-state index contributed by atoms with van der Waals surface area (Å²) < 4.78 is 10.9. The number of carbonyl (C=O) groups excluding carboxylic acids is 2. The summed E-state index contributed by atoms with van der Waals surface area (Å²) in [6.07, 6.45) is 0. The van der Waals surface area contributed by atoms with Gasteiger partial charge < -0.3 is 24.3 Å². The predicted molar refractivity (Wildman–Crippen MR) is 137 cm³/mol. The number of H-pyrrole nitrogens is 1. The van der Waals surface area contributed by atoms with Gasteiger partial charge in [-0.05, 0) is 29.8 Å². The van der Waals surface area contributed by atoms with Gasteiger partial charge in [-0.1, -0.05) is 48.5 Å². The van der Waals surface area contributed by atoms with Crippen LogP contribution in [-0.4, -0.2) is 66.6 Å². The Labute approximate surface area is 209 Å². The number of ether oxygens (including phenoxy) is 2. The minimum Gasteiger partial charge on any atom is -0.497 e. The summed E-state index contributed by atoms with van der Waals surface area (Å²) >= 11 is 0. The first kappa shape index (κ1) is 22.4. The van der Waals surface area contributed by atoms with Crippen molar-refractivity contribution in [1.29, 1.82) is 0 Å². The molecule has 2 aliphatic heterocycles. The average Bonchev–Trinajstić information content (AvgIpc) is 3.44. The zero-order valence-electron chi connectivity index (χ0n) is 20.1. The van der Waals surface area contributed by atoms with Gasteiger partial charge in [0.25, 0.3) is 5.91 Å². The van der Waals surface area contributed by atoms with Crippen LogP contribution in [0.5, 0.6) is 5.75 Å². The van der Waals surface area contributed by atoms with Crippen LogP contribution in [-0.2, 0) is 9.53 Å². The second-order valence-corrected chi connectivity index (χ2v) is 9.11. The molecule has 0 unspecified atom stereocenters. The van der Waals surface area contributed by atoms with Crippen LogP contribution in [0.25, 0.3) is 22.2 Å². The molecule has 1 fully saturated rings. The van der Waals surface area contributed by atoms with Crippen LogP contribution in [0.15, 0.2) is 72.8 Å². The van der Waals surface area contributed by atoms with Gasteiger partial charge in [0.2, 0.25) is 5.91 Å². The summed E-state index contributed by atoms with van der Waals surface area (Å²) in [6.45, 7) is 2.13. The number of hydrogen-bond acceptors (Lipinski definition) is 4. The number of aromatic amines is 1. The van der Waals surface area contributed by atoms with Gasteiger partial charge in [0.05, 0.1) is 32.1 Å². The lowest BCUT2D eigenvalue weighted by atomic mass is 9.93. The SMILES string of the molecule is COc1cccc(-c2[nH]c3ccccc3c2[C@@H]2c3ccccc3C(=O)N2CC(=O)N2CCOCC2)c1. The van der Waals surface area contributed by atoms with E-state index < -0.39 is 6.04 Å². The second-order valence-electron chi connectivity index (χ2n) is 9.11. The van der Waals surface area contributed by atoms with Gasteiger partial charge >= 0.3 is 0 Å². The maximum atomic E-state index is 13.7. The largest absolute Gasteiger partial charge is 0.497 e. The summed E-state index contributed by atoms with van der Waals surface area (Å²) in [7, 11) is 1.65. The number of rotatable bonds is 5. The molecule has 1 aromatic heterocycles. The molecular weight excluding hydrogens is 454 g/mol. The third kappa shape index (κ3) is 3.72. The summed E-state index contributed by atoms with van der Waals surface area (Å²) in [4.78, 5) is 34.1. The zero-order valence-corrected chi connectivity index (χ0v) is 20.1. The Hall–Kier alpha value is -4.10. The normalized spacial score (nSPS) is 17.5. The number of amides is 2. The lowest BCUT2D eigenvalue weighted by molar-refractivity contribution is -0.136. The molecule has 7 heteroatoms. The number of morpholine rings is 1. The highest BCUT2D eigenvalue weighted by Gasteiger charge is 2.41. The van der Waals surface area contributed by atoms with E-state index in [1.165, 1.54) is 0 Å². The molecule has 0 saturated carbocycles. The first-order chi connectivity index (χ1) is 17.7. The number of carbonyl (C=O) groups is 2. The smallest absolute Gasteiger partial charge is 0.255 e. The number of nitrogens with zero attached hydrogens (tertiary/aromatic N) is 2. The van der Waals surface area contributed by atoms with Gasteiger partial charge in [-0.2, -0.15) is 0 Å². The van der Waals surface area contributed by atoms with Crippen molar-refractivity contribution in [3.8, 4) is 17.0 Å². The first-order valence-corrected chi connectivity index (χ1v) is 12.2. The molecule has 2 aliphatic rings. The molecule has 36 heavy (non-hydrogen) atoms. The van der Waals surface area contributed by atoms with E-state index in [2.05, 4.69) is 11.1 Å². The summed E-state index contributed by atoms with van der Waals surface area (Å²) in [5, 5.41) is 1.02. The lowest BCUT2D eigenvalue weighted by Gasteiger charge is -2.31. The molecule has 4 aromatic rings. The highest BCUT2D eigenvalue weighted by molar-refractivity contribution is 6.03. The molecule has 0 aliphatic carbocycles. The van der Waals surface area contributed by atoms with Crippen LogP contribution in [0, 0.1) is 0 Å². The maximum Gasteiger partial charge on any atom is 0.255 e. The molecule has 0 spiro atoms. The van der Waals surface area contributed by atoms with E-state index in [-0.39, 0.29) is 18.4 Å². The highest BCUT2D eigenvalue weighted by Crippen LogP contribution is 2.45. The number of fused-ring (bicyclic) bond motifs is 2. The number of aromatic nitrogens is 1. The topological polar surface area (TPSA) is 74.9 Å². The van der Waals surface area contributed by atoms with Crippen LogP contribution in [0.2, 0.25) is 0 Å². The van der Waals surface area contributed by atoms with Crippen molar-refractivity contribution in [2.45, 2.75) is 6.04 Å². The van der Waals surface area contributed by atoms with E-state index in [4.69, 9.17) is 9.47 Å². The van der Waals surface area contributed by atoms with Crippen molar-refractivity contribution < 1.29 is 19.1 Å². The monoisotopic (exact) mass is 481 g/mol. The second kappa shape index (κ2) is 9.17. The first-order valence-electron chi connectivity index (χ1n) is 12.2. The van der Waals surface area contributed by atoms with Crippen LogP contribution >= 0.6 is 0 Å². The fraction of sp³-hybridized carbons (Fsp3) is 0.241.